The van der Waals surface area contributed by atoms with Crippen LogP contribution in [0, 0.1) is 24.1 Å². The van der Waals surface area contributed by atoms with Gasteiger partial charge >= 0.3 is 0 Å². The molecule has 0 saturated carbocycles. The van der Waals surface area contributed by atoms with Gasteiger partial charge in [-0.1, -0.05) is 13.0 Å². The third-order valence-corrected chi connectivity index (χ3v) is 4.86. The molecular weight excluding hydrogens is 369 g/mol. The third kappa shape index (κ3) is 4.66. The van der Waals surface area contributed by atoms with Crippen molar-refractivity contribution in [1.29, 1.82) is 5.41 Å². The van der Waals surface area contributed by atoms with E-state index in [9.17, 15) is 9.18 Å². The number of nitrogens with zero attached hydrogens (tertiary/aromatic N) is 1. The van der Waals surface area contributed by atoms with Crippen LogP contribution in [0.5, 0.6) is 0 Å². The molecule has 6 heteroatoms. The van der Waals surface area contributed by atoms with E-state index < -0.39 is 0 Å². The van der Waals surface area contributed by atoms with Crippen LogP contribution in [0.1, 0.15) is 35.0 Å². The number of hydrogen-bond donors (Lipinski definition) is 2. The molecule has 5 nitrogen and oxygen atoms in total. The third-order valence-electron chi connectivity index (χ3n) is 4.86. The molecule has 2 N–H and O–H groups in total. The molecule has 0 aliphatic heterocycles. The van der Waals surface area contributed by atoms with Crippen LogP contribution in [0.3, 0.4) is 0 Å². The van der Waals surface area contributed by atoms with E-state index in [1.54, 1.807) is 19.2 Å². The summed E-state index contributed by atoms with van der Waals surface area (Å²) in [6.07, 6.45) is 0.807. The zero-order chi connectivity index (χ0) is 21.0. The SMILES string of the molecule is CC[C@@H](COC)C(=N)c1cc(C)nc2cc(NC(=O)c3ccc(F)cc3)ccc12. The maximum atomic E-state index is 13.1. The van der Waals surface area contributed by atoms with Crippen molar-refractivity contribution >= 4 is 28.2 Å². The number of amides is 1. The second kappa shape index (κ2) is 8.92. The highest BCUT2D eigenvalue weighted by atomic mass is 19.1. The fourth-order valence-electron chi connectivity index (χ4n) is 3.29. The number of benzene rings is 2. The van der Waals surface area contributed by atoms with Crippen molar-refractivity contribution in [2.75, 3.05) is 19.0 Å². The molecule has 3 aromatic rings. The van der Waals surface area contributed by atoms with E-state index >= 15 is 0 Å². The monoisotopic (exact) mass is 393 g/mol. The Morgan fingerprint density at radius 2 is 1.93 bits per heavy atom. The van der Waals surface area contributed by atoms with Gasteiger partial charge in [-0.05, 0) is 55.8 Å². The van der Waals surface area contributed by atoms with Crippen molar-refractivity contribution in [2.24, 2.45) is 5.92 Å². The van der Waals surface area contributed by atoms with Gasteiger partial charge in [0.25, 0.3) is 5.91 Å². The van der Waals surface area contributed by atoms with Crippen LogP contribution in [-0.4, -0.2) is 30.3 Å². The maximum Gasteiger partial charge on any atom is 0.255 e. The number of methoxy groups -OCH3 is 1. The van der Waals surface area contributed by atoms with E-state index in [0.717, 1.165) is 23.1 Å². The molecule has 3 rings (SSSR count). The molecule has 0 aliphatic carbocycles. The average Bonchev–Trinajstić information content (AvgIpc) is 2.71. The lowest BCUT2D eigenvalue weighted by Crippen LogP contribution is -2.20. The number of hydrogen-bond acceptors (Lipinski definition) is 4. The van der Waals surface area contributed by atoms with E-state index in [0.29, 0.717) is 29.1 Å². The molecule has 0 radical (unpaired) electrons. The van der Waals surface area contributed by atoms with Crippen molar-refractivity contribution < 1.29 is 13.9 Å². The summed E-state index contributed by atoms with van der Waals surface area (Å²) in [6.45, 7) is 4.42. The summed E-state index contributed by atoms with van der Waals surface area (Å²) in [6, 6.07) is 12.7. The Hall–Kier alpha value is -3.12. The fourth-order valence-corrected chi connectivity index (χ4v) is 3.29. The quantitative estimate of drug-likeness (QED) is 0.556. The summed E-state index contributed by atoms with van der Waals surface area (Å²) in [7, 11) is 1.64. The van der Waals surface area contributed by atoms with Crippen LogP contribution in [0.15, 0.2) is 48.5 Å². The highest BCUT2D eigenvalue weighted by Crippen LogP contribution is 2.25. The normalized spacial score (nSPS) is 12.0. The van der Waals surface area contributed by atoms with Gasteiger partial charge in [-0.15, -0.1) is 0 Å². The van der Waals surface area contributed by atoms with Gasteiger partial charge in [0, 0.05) is 46.6 Å². The Morgan fingerprint density at radius 1 is 1.21 bits per heavy atom. The topological polar surface area (TPSA) is 75.1 Å². The number of pyridine rings is 1. The molecule has 0 unspecified atom stereocenters. The highest BCUT2D eigenvalue weighted by Gasteiger charge is 2.18. The summed E-state index contributed by atoms with van der Waals surface area (Å²) in [5.74, 6) is -0.709. The second-order valence-electron chi connectivity index (χ2n) is 6.98. The number of aromatic nitrogens is 1. The molecule has 150 valence electrons. The van der Waals surface area contributed by atoms with Crippen molar-refractivity contribution in [3.05, 3.63) is 71.2 Å². The minimum absolute atomic E-state index is 0.00264. The first kappa shape index (κ1) is 20.6. The van der Waals surface area contributed by atoms with Crippen LogP contribution < -0.4 is 5.32 Å². The molecule has 2 aromatic carbocycles. The van der Waals surface area contributed by atoms with E-state index in [4.69, 9.17) is 10.1 Å². The number of carbonyl (C=O) groups excluding carboxylic acids is 1. The summed E-state index contributed by atoms with van der Waals surface area (Å²) in [5.41, 5.74) is 3.81. The van der Waals surface area contributed by atoms with Crippen LogP contribution in [0.4, 0.5) is 10.1 Å². The largest absolute Gasteiger partial charge is 0.384 e. The highest BCUT2D eigenvalue weighted by molar-refractivity contribution is 6.11. The lowest BCUT2D eigenvalue weighted by Gasteiger charge is -2.18. The fraction of sp³-hybridized carbons (Fsp3) is 0.261. The molecule has 1 atom stereocenters. The first-order valence-corrected chi connectivity index (χ1v) is 9.49. The first-order chi connectivity index (χ1) is 13.9. The van der Waals surface area contributed by atoms with E-state index in [2.05, 4.69) is 10.3 Å². The zero-order valence-corrected chi connectivity index (χ0v) is 16.8. The number of carbonyl (C=O) groups is 1. The molecule has 0 aliphatic rings. The number of ether oxygens (including phenoxy) is 1. The van der Waals surface area contributed by atoms with Crippen LogP contribution in [0.25, 0.3) is 10.9 Å². The predicted octanol–water partition coefficient (Wildman–Crippen LogP) is 4.98. The summed E-state index contributed by atoms with van der Waals surface area (Å²) in [5, 5.41) is 12.3. The molecule has 0 saturated heterocycles. The van der Waals surface area contributed by atoms with Crippen molar-refractivity contribution in [1.82, 2.24) is 4.98 Å². The number of aryl methyl sites for hydroxylation is 1. The van der Waals surface area contributed by atoms with Crippen molar-refractivity contribution in [3.8, 4) is 0 Å². The Morgan fingerprint density at radius 3 is 2.59 bits per heavy atom. The van der Waals surface area contributed by atoms with Gasteiger partial charge < -0.3 is 15.5 Å². The molecule has 0 bridgehead atoms. The number of anilines is 1. The Balaban J connectivity index is 1.93. The number of fused-ring (bicyclic) bond motifs is 1. The van der Waals surface area contributed by atoms with Gasteiger partial charge in [0.1, 0.15) is 5.82 Å². The minimum atomic E-state index is -0.388. The minimum Gasteiger partial charge on any atom is -0.384 e. The molecule has 1 amide bonds. The van der Waals surface area contributed by atoms with Gasteiger partial charge in [0.15, 0.2) is 0 Å². The van der Waals surface area contributed by atoms with Crippen LogP contribution in [-0.2, 0) is 4.74 Å². The summed E-state index contributed by atoms with van der Waals surface area (Å²) >= 11 is 0. The summed E-state index contributed by atoms with van der Waals surface area (Å²) < 4.78 is 18.3. The molecule has 0 spiro atoms. The zero-order valence-electron chi connectivity index (χ0n) is 16.8. The van der Waals surface area contributed by atoms with Gasteiger partial charge in [0.2, 0.25) is 0 Å². The van der Waals surface area contributed by atoms with E-state index in [1.807, 2.05) is 26.0 Å². The second-order valence-corrected chi connectivity index (χ2v) is 6.98. The van der Waals surface area contributed by atoms with Crippen LogP contribution >= 0.6 is 0 Å². The maximum absolute atomic E-state index is 13.1. The molecule has 1 aromatic heterocycles. The Bertz CT molecular complexity index is 1050. The Labute approximate surface area is 169 Å². The predicted molar refractivity (Wildman–Crippen MR) is 113 cm³/mol. The van der Waals surface area contributed by atoms with E-state index in [1.165, 1.54) is 24.3 Å². The number of halogens is 1. The van der Waals surface area contributed by atoms with E-state index in [-0.39, 0.29) is 17.6 Å². The number of rotatable bonds is 7. The molecule has 0 fully saturated rings. The van der Waals surface area contributed by atoms with Crippen molar-refractivity contribution in [2.45, 2.75) is 20.3 Å². The van der Waals surface area contributed by atoms with Crippen LogP contribution in [0.2, 0.25) is 0 Å². The van der Waals surface area contributed by atoms with Gasteiger partial charge in [0.05, 0.1) is 12.1 Å². The molecule has 29 heavy (non-hydrogen) atoms. The average molecular weight is 393 g/mol. The van der Waals surface area contributed by atoms with Crippen molar-refractivity contribution in [3.63, 3.8) is 0 Å². The molecular formula is C23H24FN3O2. The summed E-state index contributed by atoms with van der Waals surface area (Å²) in [4.78, 5) is 17.0. The number of nitrogens with one attached hydrogen (secondary N) is 2. The standard InChI is InChI=1S/C23H24FN3O2/c1-4-15(13-29-3)22(25)20-11-14(2)26-21-12-18(9-10-19(20)21)27-23(28)16-5-7-17(24)8-6-16/h5-12,15,25H,4,13H2,1-3H3,(H,27,28)/t15-/m0/s1. The molecule has 1 heterocycles. The van der Waals surface area contributed by atoms with Gasteiger partial charge in [-0.3, -0.25) is 9.78 Å². The van der Waals surface area contributed by atoms with Gasteiger partial charge in [-0.25, -0.2) is 4.39 Å². The first-order valence-electron chi connectivity index (χ1n) is 9.49. The lowest BCUT2D eigenvalue weighted by atomic mass is 9.92. The Kier molecular flexibility index (Phi) is 6.34. The smallest absolute Gasteiger partial charge is 0.255 e. The lowest BCUT2D eigenvalue weighted by molar-refractivity contribution is 0.102. The van der Waals surface area contributed by atoms with Gasteiger partial charge in [-0.2, -0.15) is 0 Å².